The zero-order chi connectivity index (χ0) is 16.7. The molecule has 4 rings (SSSR count). The molecule has 0 amide bonds. The van der Waals surface area contributed by atoms with Gasteiger partial charge in [0.15, 0.2) is 0 Å². The number of hydrogen-bond acceptors (Lipinski definition) is 4. The van der Waals surface area contributed by atoms with Crippen molar-refractivity contribution in [2.45, 2.75) is 18.0 Å². The molecule has 2 aromatic carbocycles. The number of ether oxygens (including phenoxy) is 2. The molecule has 2 heterocycles. The maximum atomic E-state index is 10.0. The fourth-order valence-corrected chi connectivity index (χ4v) is 4.28. The minimum absolute atomic E-state index is 0.00199. The molecule has 1 N–H and O–H groups in total. The van der Waals surface area contributed by atoms with Crippen molar-refractivity contribution in [1.29, 1.82) is 0 Å². The van der Waals surface area contributed by atoms with Crippen LogP contribution < -0.4 is 0 Å². The van der Waals surface area contributed by atoms with Gasteiger partial charge in [-0.3, -0.25) is 0 Å². The van der Waals surface area contributed by atoms with Crippen molar-refractivity contribution >= 4 is 31.9 Å². The zero-order valence-electron chi connectivity index (χ0n) is 12.9. The molecule has 0 aliphatic carbocycles. The lowest BCUT2D eigenvalue weighted by Crippen LogP contribution is -2.47. The van der Waals surface area contributed by atoms with Crippen molar-refractivity contribution in [3.8, 4) is 0 Å². The van der Waals surface area contributed by atoms with Gasteiger partial charge in [-0.25, -0.2) is 4.90 Å². The van der Waals surface area contributed by atoms with Gasteiger partial charge < -0.3 is 14.6 Å². The number of nitrogens with zero attached hydrogens (tertiary/aromatic N) is 1. The van der Waals surface area contributed by atoms with E-state index in [1.54, 1.807) is 0 Å². The molecule has 3 atom stereocenters. The molecule has 1 unspecified atom stereocenters. The van der Waals surface area contributed by atoms with Gasteiger partial charge >= 0.3 is 0 Å². The monoisotopic (exact) mass is 453 g/mol. The van der Waals surface area contributed by atoms with Gasteiger partial charge in [0.05, 0.1) is 25.4 Å². The van der Waals surface area contributed by atoms with Gasteiger partial charge in [-0.1, -0.05) is 56.1 Å². The van der Waals surface area contributed by atoms with Gasteiger partial charge in [0.1, 0.15) is 12.5 Å². The van der Waals surface area contributed by atoms with Crippen molar-refractivity contribution in [2.75, 3.05) is 19.8 Å². The van der Waals surface area contributed by atoms with Crippen molar-refractivity contribution in [1.82, 2.24) is 4.90 Å². The Morgan fingerprint density at radius 2 is 1.46 bits per heavy atom. The third-order valence-electron chi connectivity index (χ3n) is 4.63. The van der Waals surface area contributed by atoms with E-state index in [1.807, 2.05) is 36.4 Å². The van der Waals surface area contributed by atoms with Crippen LogP contribution in [0.2, 0.25) is 0 Å². The highest BCUT2D eigenvalue weighted by Gasteiger charge is 2.56. The summed E-state index contributed by atoms with van der Waals surface area (Å²) >= 11 is 7.04. The number of hydrogen-bond donors (Lipinski definition) is 1. The SMILES string of the molecule is OCC12CO[C@H](c3cccc(Br)c3)N1[C@H](c1cccc(Br)c1)OC2. The molecule has 2 aliphatic rings. The summed E-state index contributed by atoms with van der Waals surface area (Å²) in [5.41, 5.74) is 1.59. The largest absolute Gasteiger partial charge is 0.394 e. The fraction of sp³-hybridized carbons (Fsp3) is 0.333. The maximum Gasteiger partial charge on any atom is 0.139 e. The van der Waals surface area contributed by atoms with Crippen molar-refractivity contribution < 1.29 is 14.6 Å². The van der Waals surface area contributed by atoms with Gasteiger partial charge in [-0.15, -0.1) is 0 Å². The van der Waals surface area contributed by atoms with Gasteiger partial charge in [-0.05, 0) is 35.4 Å². The molecular formula is C18H17Br2NO3. The summed E-state index contributed by atoms with van der Waals surface area (Å²) in [6.45, 7) is 0.901. The quantitative estimate of drug-likeness (QED) is 0.760. The third-order valence-corrected chi connectivity index (χ3v) is 5.62. The maximum absolute atomic E-state index is 10.0. The standard InChI is InChI=1S/C18H17Br2NO3/c19-14-5-1-3-12(7-14)16-21-17(13-4-2-6-15(20)8-13)24-11-18(21,9-22)10-23-16/h1-8,16-17,22H,9-11H2/t16-,17+,18?. The minimum Gasteiger partial charge on any atom is -0.394 e. The average molecular weight is 455 g/mol. The van der Waals surface area contributed by atoms with E-state index >= 15 is 0 Å². The molecule has 24 heavy (non-hydrogen) atoms. The van der Waals surface area contributed by atoms with Crippen molar-refractivity contribution in [2.24, 2.45) is 0 Å². The molecule has 0 aromatic heterocycles. The molecule has 2 fully saturated rings. The number of aliphatic hydroxyl groups is 1. The smallest absolute Gasteiger partial charge is 0.139 e. The predicted octanol–water partition coefficient (Wildman–Crippen LogP) is 4.00. The lowest BCUT2D eigenvalue weighted by molar-refractivity contribution is -0.0630. The van der Waals surface area contributed by atoms with E-state index in [9.17, 15) is 5.11 Å². The molecule has 2 aliphatic heterocycles. The first-order valence-corrected chi connectivity index (χ1v) is 9.35. The highest BCUT2D eigenvalue weighted by Crippen LogP contribution is 2.49. The number of rotatable bonds is 3. The Morgan fingerprint density at radius 3 is 1.88 bits per heavy atom. The van der Waals surface area contributed by atoms with Gasteiger partial charge in [0.25, 0.3) is 0 Å². The Bertz CT molecular complexity index is 697. The van der Waals surface area contributed by atoms with Crippen molar-refractivity contribution in [3.05, 3.63) is 68.6 Å². The van der Waals surface area contributed by atoms with Crippen LogP contribution in [0.4, 0.5) is 0 Å². The number of fused-ring (bicyclic) bond motifs is 1. The highest BCUT2D eigenvalue weighted by atomic mass is 79.9. The van der Waals surface area contributed by atoms with Crippen LogP contribution in [0, 0.1) is 0 Å². The second-order valence-electron chi connectivity index (χ2n) is 6.23. The Balaban J connectivity index is 1.75. The Kier molecular flexibility index (Phi) is 4.53. The number of benzene rings is 2. The van der Waals surface area contributed by atoms with E-state index < -0.39 is 5.54 Å². The molecule has 2 saturated heterocycles. The summed E-state index contributed by atoms with van der Waals surface area (Å²) in [7, 11) is 0. The lowest BCUT2D eigenvalue weighted by Gasteiger charge is -2.33. The summed E-state index contributed by atoms with van der Waals surface area (Å²) < 4.78 is 14.2. The summed E-state index contributed by atoms with van der Waals surface area (Å²) in [6, 6.07) is 16.1. The molecule has 0 radical (unpaired) electrons. The molecule has 6 heteroatoms. The number of halogens is 2. The molecule has 0 saturated carbocycles. The van der Waals surface area contributed by atoms with E-state index in [0.29, 0.717) is 13.2 Å². The normalized spacial score (nSPS) is 29.8. The summed E-state index contributed by atoms with van der Waals surface area (Å²) in [5, 5.41) is 10.0. The van der Waals surface area contributed by atoms with Crippen LogP contribution in [0.25, 0.3) is 0 Å². The molecule has 0 spiro atoms. The molecule has 126 valence electrons. The van der Waals surface area contributed by atoms with E-state index in [0.717, 1.165) is 20.1 Å². The summed E-state index contributed by atoms with van der Waals surface area (Å²) in [4.78, 5) is 2.16. The summed E-state index contributed by atoms with van der Waals surface area (Å²) in [5.74, 6) is 0. The van der Waals surface area contributed by atoms with E-state index in [2.05, 4.69) is 48.9 Å². The average Bonchev–Trinajstić information content (AvgIpc) is 3.12. The van der Waals surface area contributed by atoms with Gasteiger partial charge in [0, 0.05) is 8.95 Å². The Hall–Kier alpha value is -0.760. The lowest BCUT2D eigenvalue weighted by atomic mass is 10.0. The van der Waals surface area contributed by atoms with Crippen molar-refractivity contribution in [3.63, 3.8) is 0 Å². The van der Waals surface area contributed by atoms with Gasteiger partial charge in [0.2, 0.25) is 0 Å². The fourth-order valence-electron chi connectivity index (χ4n) is 3.45. The second kappa shape index (κ2) is 6.52. The van der Waals surface area contributed by atoms with Crippen LogP contribution in [-0.2, 0) is 9.47 Å². The topological polar surface area (TPSA) is 41.9 Å². The van der Waals surface area contributed by atoms with Crippen LogP contribution >= 0.6 is 31.9 Å². The van der Waals surface area contributed by atoms with Crippen LogP contribution in [0.5, 0.6) is 0 Å². The number of aliphatic hydroxyl groups excluding tert-OH is 1. The van der Waals surface area contributed by atoms with Crippen LogP contribution in [0.1, 0.15) is 23.6 Å². The predicted molar refractivity (Wildman–Crippen MR) is 97.3 cm³/mol. The summed E-state index contributed by atoms with van der Waals surface area (Å²) in [6.07, 6.45) is -0.498. The first kappa shape index (κ1) is 16.7. The highest BCUT2D eigenvalue weighted by molar-refractivity contribution is 9.10. The van der Waals surface area contributed by atoms with E-state index in [-0.39, 0.29) is 19.1 Å². The Labute approximate surface area is 157 Å². The minimum atomic E-state index is -0.500. The third kappa shape index (κ3) is 2.75. The zero-order valence-corrected chi connectivity index (χ0v) is 16.0. The first-order valence-electron chi connectivity index (χ1n) is 7.76. The van der Waals surface area contributed by atoms with Gasteiger partial charge in [-0.2, -0.15) is 0 Å². The molecule has 4 nitrogen and oxygen atoms in total. The molecular weight excluding hydrogens is 438 g/mol. The van der Waals surface area contributed by atoms with Crippen LogP contribution in [-0.4, -0.2) is 35.4 Å². The van der Waals surface area contributed by atoms with E-state index in [1.165, 1.54) is 0 Å². The van der Waals surface area contributed by atoms with Crippen LogP contribution in [0.15, 0.2) is 57.5 Å². The van der Waals surface area contributed by atoms with Crippen LogP contribution in [0.3, 0.4) is 0 Å². The molecule has 2 aromatic rings. The van der Waals surface area contributed by atoms with E-state index in [4.69, 9.17) is 9.47 Å². The molecule has 0 bridgehead atoms. The first-order chi connectivity index (χ1) is 11.6. The Morgan fingerprint density at radius 1 is 0.958 bits per heavy atom. The second-order valence-corrected chi connectivity index (χ2v) is 8.06.